The quantitative estimate of drug-likeness (QED) is 0.834. The summed E-state index contributed by atoms with van der Waals surface area (Å²) in [6.07, 6.45) is 0. The Morgan fingerprint density at radius 3 is 2.36 bits per heavy atom. The van der Waals surface area contributed by atoms with E-state index in [0.29, 0.717) is 21.2 Å². The molecule has 0 saturated heterocycles. The second-order valence-corrected chi connectivity index (χ2v) is 8.66. The number of halogens is 2. The van der Waals surface area contributed by atoms with E-state index in [1.54, 1.807) is 31.2 Å². The molecule has 0 unspecified atom stereocenters. The molecule has 0 spiro atoms. The van der Waals surface area contributed by atoms with Crippen LogP contribution in [0.25, 0.3) is 0 Å². The van der Waals surface area contributed by atoms with E-state index in [1.165, 1.54) is 26.2 Å². The van der Waals surface area contributed by atoms with Gasteiger partial charge in [0.15, 0.2) is 0 Å². The van der Waals surface area contributed by atoms with Crippen LogP contribution in [-0.4, -0.2) is 32.7 Å². The third-order valence-corrected chi connectivity index (χ3v) is 6.22. The van der Waals surface area contributed by atoms with Crippen molar-refractivity contribution in [3.63, 3.8) is 0 Å². The van der Waals surface area contributed by atoms with Gasteiger partial charge in [-0.2, -0.15) is 0 Å². The van der Waals surface area contributed by atoms with Gasteiger partial charge in [-0.15, -0.1) is 0 Å². The first-order chi connectivity index (χ1) is 11.6. The SMILES string of the molecule is Cc1ccc(S(=O)(=O)N(C)C)cc1C(=O)NCc1ccc(Cl)c(Cl)c1. The van der Waals surface area contributed by atoms with Crippen LogP contribution in [0.3, 0.4) is 0 Å². The van der Waals surface area contributed by atoms with Gasteiger partial charge in [0.1, 0.15) is 0 Å². The van der Waals surface area contributed by atoms with Crippen LogP contribution in [-0.2, 0) is 16.6 Å². The summed E-state index contributed by atoms with van der Waals surface area (Å²) in [5, 5.41) is 3.61. The highest BCUT2D eigenvalue weighted by Crippen LogP contribution is 2.23. The number of hydrogen-bond acceptors (Lipinski definition) is 3. The Kier molecular flexibility index (Phi) is 6.11. The highest BCUT2D eigenvalue weighted by Gasteiger charge is 2.20. The Hall–Kier alpha value is -1.60. The summed E-state index contributed by atoms with van der Waals surface area (Å²) < 4.78 is 25.6. The molecular formula is C17H18Cl2N2O3S. The topological polar surface area (TPSA) is 66.5 Å². The maximum absolute atomic E-state index is 12.5. The van der Waals surface area contributed by atoms with Gasteiger partial charge in [0, 0.05) is 26.2 Å². The fourth-order valence-electron chi connectivity index (χ4n) is 2.14. The number of nitrogens with one attached hydrogen (secondary N) is 1. The number of nitrogens with zero attached hydrogens (tertiary/aromatic N) is 1. The fraction of sp³-hybridized carbons (Fsp3) is 0.235. The van der Waals surface area contributed by atoms with Crippen LogP contribution in [0.2, 0.25) is 10.0 Å². The van der Waals surface area contributed by atoms with E-state index in [0.717, 1.165) is 9.87 Å². The molecule has 1 N–H and O–H groups in total. The maximum Gasteiger partial charge on any atom is 0.251 e. The average molecular weight is 401 g/mol. The highest BCUT2D eigenvalue weighted by molar-refractivity contribution is 7.89. The van der Waals surface area contributed by atoms with Crippen molar-refractivity contribution in [1.29, 1.82) is 0 Å². The first-order valence-electron chi connectivity index (χ1n) is 7.38. The summed E-state index contributed by atoms with van der Waals surface area (Å²) in [7, 11) is -0.719. The molecular weight excluding hydrogens is 383 g/mol. The summed E-state index contributed by atoms with van der Waals surface area (Å²) >= 11 is 11.8. The Balaban J connectivity index is 2.22. The largest absolute Gasteiger partial charge is 0.348 e. The maximum atomic E-state index is 12.5. The molecule has 2 aromatic carbocycles. The van der Waals surface area contributed by atoms with Crippen LogP contribution in [0, 0.1) is 6.92 Å². The third-order valence-electron chi connectivity index (χ3n) is 3.67. The number of rotatable bonds is 5. The van der Waals surface area contributed by atoms with Gasteiger partial charge in [0.05, 0.1) is 14.9 Å². The number of amides is 1. The van der Waals surface area contributed by atoms with Crippen molar-refractivity contribution in [1.82, 2.24) is 9.62 Å². The molecule has 2 aromatic rings. The molecule has 0 aliphatic carbocycles. The van der Waals surface area contributed by atoms with Gasteiger partial charge >= 0.3 is 0 Å². The van der Waals surface area contributed by atoms with Crippen LogP contribution >= 0.6 is 23.2 Å². The van der Waals surface area contributed by atoms with Crippen molar-refractivity contribution in [2.45, 2.75) is 18.4 Å². The molecule has 0 aromatic heterocycles. The van der Waals surface area contributed by atoms with E-state index in [2.05, 4.69) is 5.32 Å². The van der Waals surface area contributed by atoms with Gasteiger partial charge in [-0.1, -0.05) is 35.3 Å². The number of carbonyl (C=O) groups is 1. The fourth-order valence-corrected chi connectivity index (χ4v) is 3.39. The highest BCUT2D eigenvalue weighted by atomic mass is 35.5. The molecule has 0 fully saturated rings. The second-order valence-electron chi connectivity index (χ2n) is 5.70. The lowest BCUT2D eigenvalue weighted by molar-refractivity contribution is 0.0950. The lowest BCUT2D eigenvalue weighted by atomic mass is 10.1. The number of carbonyl (C=O) groups excluding carboxylic acids is 1. The van der Waals surface area contributed by atoms with Crippen molar-refractivity contribution in [3.8, 4) is 0 Å². The summed E-state index contributed by atoms with van der Waals surface area (Å²) in [5.74, 6) is -0.362. The zero-order chi connectivity index (χ0) is 18.8. The summed E-state index contributed by atoms with van der Waals surface area (Å²) in [4.78, 5) is 12.5. The van der Waals surface area contributed by atoms with E-state index in [-0.39, 0.29) is 17.3 Å². The molecule has 25 heavy (non-hydrogen) atoms. The first-order valence-corrected chi connectivity index (χ1v) is 9.58. The lowest BCUT2D eigenvalue weighted by Gasteiger charge is -2.14. The minimum atomic E-state index is -3.61. The molecule has 0 saturated carbocycles. The lowest BCUT2D eigenvalue weighted by Crippen LogP contribution is -2.25. The van der Waals surface area contributed by atoms with Gasteiger partial charge in [-0.25, -0.2) is 12.7 Å². The van der Waals surface area contributed by atoms with Crippen LogP contribution in [0.5, 0.6) is 0 Å². The van der Waals surface area contributed by atoms with E-state index in [1.807, 2.05) is 0 Å². The van der Waals surface area contributed by atoms with Gasteiger partial charge in [0.25, 0.3) is 5.91 Å². The predicted molar refractivity (Wildman–Crippen MR) is 99.7 cm³/mol. The van der Waals surface area contributed by atoms with Crippen LogP contribution in [0.1, 0.15) is 21.5 Å². The molecule has 134 valence electrons. The minimum Gasteiger partial charge on any atom is -0.348 e. The van der Waals surface area contributed by atoms with Gasteiger partial charge in [0.2, 0.25) is 10.0 Å². The monoisotopic (exact) mass is 400 g/mol. The third kappa shape index (κ3) is 4.52. The molecule has 0 aliphatic heterocycles. The number of benzene rings is 2. The first kappa shape index (κ1) is 19.7. The van der Waals surface area contributed by atoms with E-state index in [9.17, 15) is 13.2 Å². The Morgan fingerprint density at radius 2 is 1.76 bits per heavy atom. The molecule has 2 rings (SSSR count). The zero-order valence-corrected chi connectivity index (χ0v) is 16.3. The number of aryl methyl sites for hydroxylation is 1. The summed E-state index contributed by atoms with van der Waals surface area (Å²) in [6, 6.07) is 9.57. The van der Waals surface area contributed by atoms with Crippen molar-refractivity contribution >= 4 is 39.1 Å². The van der Waals surface area contributed by atoms with Crippen molar-refractivity contribution in [2.24, 2.45) is 0 Å². The van der Waals surface area contributed by atoms with E-state index in [4.69, 9.17) is 23.2 Å². The Morgan fingerprint density at radius 1 is 1.08 bits per heavy atom. The molecule has 8 heteroatoms. The van der Waals surface area contributed by atoms with Gasteiger partial charge < -0.3 is 5.32 Å². The molecule has 5 nitrogen and oxygen atoms in total. The summed E-state index contributed by atoms with van der Waals surface area (Å²) in [6.45, 7) is 2.00. The van der Waals surface area contributed by atoms with Crippen molar-refractivity contribution < 1.29 is 13.2 Å². The molecule has 1 amide bonds. The summed E-state index contributed by atoms with van der Waals surface area (Å²) in [5.41, 5.74) is 1.78. The van der Waals surface area contributed by atoms with Gasteiger partial charge in [-0.3, -0.25) is 4.79 Å². The second kappa shape index (κ2) is 7.74. The molecule has 0 bridgehead atoms. The van der Waals surface area contributed by atoms with Crippen LogP contribution < -0.4 is 5.32 Å². The standard InChI is InChI=1S/C17H18Cl2N2O3S/c1-11-4-6-13(25(23,24)21(2)3)9-14(11)17(22)20-10-12-5-7-15(18)16(19)8-12/h4-9H,10H2,1-3H3,(H,20,22). The van der Waals surface area contributed by atoms with Crippen LogP contribution in [0.15, 0.2) is 41.3 Å². The van der Waals surface area contributed by atoms with Crippen molar-refractivity contribution in [3.05, 3.63) is 63.1 Å². The molecule has 0 heterocycles. The zero-order valence-electron chi connectivity index (χ0n) is 14.0. The number of sulfonamides is 1. The molecule has 0 radical (unpaired) electrons. The normalized spacial score (nSPS) is 11.6. The minimum absolute atomic E-state index is 0.0720. The van der Waals surface area contributed by atoms with Crippen molar-refractivity contribution in [2.75, 3.05) is 14.1 Å². The van der Waals surface area contributed by atoms with E-state index < -0.39 is 10.0 Å². The molecule has 0 aliphatic rings. The Labute approximate surface area is 157 Å². The predicted octanol–water partition coefficient (Wildman–Crippen LogP) is 3.48. The van der Waals surface area contributed by atoms with E-state index >= 15 is 0 Å². The average Bonchev–Trinajstić information content (AvgIpc) is 2.55. The van der Waals surface area contributed by atoms with Crippen LogP contribution in [0.4, 0.5) is 0 Å². The Bertz CT molecular complexity index is 912. The van der Waals surface area contributed by atoms with Gasteiger partial charge in [-0.05, 0) is 42.3 Å². The number of hydrogen-bond donors (Lipinski definition) is 1. The smallest absolute Gasteiger partial charge is 0.251 e. The molecule has 0 atom stereocenters.